The van der Waals surface area contributed by atoms with Crippen molar-refractivity contribution < 1.29 is 42.1 Å². The number of benzene rings is 4. The van der Waals surface area contributed by atoms with E-state index in [1.165, 1.54) is 24.3 Å². The van der Waals surface area contributed by atoms with E-state index in [1.54, 1.807) is 48.5 Å². The molecule has 3 N–H and O–H groups in total. The Kier molecular flexibility index (Phi) is 17.9. The highest BCUT2D eigenvalue weighted by molar-refractivity contribution is 6.32. The molecule has 374 valence electrons. The van der Waals surface area contributed by atoms with Crippen LogP contribution in [0.25, 0.3) is 0 Å². The lowest BCUT2D eigenvalue weighted by Gasteiger charge is -2.63. The van der Waals surface area contributed by atoms with E-state index < -0.39 is 51.8 Å². The lowest BCUT2D eigenvalue weighted by atomic mass is 9.49. The van der Waals surface area contributed by atoms with Crippen molar-refractivity contribution in [3.8, 4) is 23.6 Å². The van der Waals surface area contributed by atoms with E-state index in [4.69, 9.17) is 58.5 Å². The maximum absolute atomic E-state index is 15.9. The molecule has 1 saturated carbocycles. The van der Waals surface area contributed by atoms with Gasteiger partial charge in [-0.1, -0.05) is 101 Å². The first kappa shape index (κ1) is 54.3. The summed E-state index contributed by atoms with van der Waals surface area (Å²) in [7, 11) is 0. The van der Waals surface area contributed by atoms with E-state index in [9.17, 15) is 20.1 Å². The second-order valence-corrected chi connectivity index (χ2v) is 21.2. The number of ether oxygens (including phenoxy) is 5. The number of hydrogen-bond acceptors (Lipinski definition) is 10. The van der Waals surface area contributed by atoms with Crippen molar-refractivity contribution in [2.24, 2.45) is 16.2 Å². The fourth-order valence-electron chi connectivity index (χ4n) is 10.2. The van der Waals surface area contributed by atoms with Crippen molar-refractivity contribution in [2.45, 2.75) is 90.4 Å². The molecule has 4 aromatic carbocycles. The summed E-state index contributed by atoms with van der Waals surface area (Å²) in [6, 6.07) is 22.6. The van der Waals surface area contributed by atoms with Gasteiger partial charge in [-0.2, -0.15) is 10.5 Å². The number of rotatable bonds is 21. The molecule has 1 aliphatic heterocycles. The van der Waals surface area contributed by atoms with Gasteiger partial charge >= 0.3 is 0 Å². The van der Waals surface area contributed by atoms with Crippen molar-refractivity contribution in [1.29, 1.82) is 10.5 Å². The Labute approximate surface area is 424 Å². The quantitative estimate of drug-likeness (QED) is 0.0685. The van der Waals surface area contributed by atoms with Crippen molar-refractivity contribution in [1.82, 2.24) is 16.0 Å². The summed E-state index contributed by atoms with van der Waals surface area (Å²) in [4.78, 5) is 27.3. The summed E-state index contributed by atoms with van der Waals surface area (Å²) in [6.45, 7) is 16.1. The van der Waals surface area contributed by atoms with Gasteiger partial charge < -0.3 is 39.6 Å². The highest BCUT2D eigenvalue weighted by atomic mass is 35.5. The van der Waals surface area contributed by atoms with Gasteiger partial charge in [0.25, 0.3) is 5.91 Å². The molecule has 0 radical (unpaired) electrons. The Bertz CT molecular complexity index is 2570. The minimum absolute atomic E-state index is 0.00327. The van der Waals surface area contributed by atoms with E-state index in [1.807, 2.05) is 48.5 Å². The average molecular weight is 1020 g/mol. The van der Waals surface area contributed by atoms with E-state index in [0.717, 1.165) is 6.07 Å². The van der Waals surface area contributed by atoms with E-state index in [0.29, 0.717) is 53.9 Å². The van der Waals surface area contributed by atoms with Gasteiger partial charge in [-0.05, 0) is 72.0 Å². The largest absolute Gasteiger partial charge is 0.491 e. The van der Waals surface area contributed by atoms with Gasteiger partial charge in [-0.3, -0.25) is 9.59 Å². The second kappa shape index (κ2) is 23.0. The van der Waals surface area contributed by atoms with Crippen LogP contribution in [0.2, 0.25) is 15.1 Å². The Balaban J connectivity index is 0.889. The van der Waals surface area contributed by atoms with Gasteiger partial charge in [-0.15, -0.1) is 0 Å². The predicted octanol–water partition coefficient (Wildman–Crippen LogP) is 9.98. The molecule has 70 heavy (non-hydrogen) atoms. The van der Waals surface area contributed by atoms with Crippen molar-refractivity contribution >= 4 is 46.6 Å². The molecular weight excluding hydrogens is 963 g/mol. The maximum Gasteiger partial charge on any atom is 0.251 e. The standard InChI is InChI=1S/C53H60Cl3F2N5O7/c1-50(2,3)29-42-53(31-60,38-18-14-34(54)27-41(38)57)43(37-9-8-10-39(55)44(37)58)45(62-42)47(65)61-19-20-66-21-22-67-23-24-68-25-26-69-35-15-11-32(12-16-35)46(64)63-48-51(4,5)49(52(48,6)7)70-36-17-13-33(30-59)40(56)28-36/h8-18,27-28,42-43,45,48-49,62H,19-26,29H2,1-7H3,(H,61,65)(H,63,64)/t42?,43?,45?,48?,49?,53-/m0/s1. The van der Waals surface area contributed by atoms with Crippen LogP contribution in [-0.4, -0.2) is 88.8 Å². The second-order valence-electron chi connectivity index (χ2n) is 20.0. The molecule has 4 aromatic rings. The summed E-state index contributed by atoms with van der Waals surface area (Å²) in [5, 5.41) is 29.8. The summed E-state index contributed by atoms with van der Waals surface area (Å²) in [5.41, 5.74) is -2.01. The Morgan fingerprint density at radius 1 is 0.786 bits per heavy atom. The van der Waals surface area contributed by atoms with Crippen LogP contribution in [-0.2, 0) is 24.4 Å². The van der Waals surface area contributed by atoms with Crippen LogP contribution >= 0.6 is 34.8 Å². The van der Waals surface area contributed by atoms with Gasteiger partial charge in [-0.25, -0.2) is 8.78 Å². The van der Waals surface area contributed by atoms with E-state index in [2.05, 4.69) is 28.1 Å². The Morgan fingerprint density at radius 2 is 1.41 bits per heavy atom. The fourth-order valence-corrected chi connectivity index (χ4v) is 10.7. The van der Waals surface area contributed by atoms with E-state index >= 15 is 8.78 Å². The highest BCUT2D eigenvalue weighted by Crippen LogP contribution is 2.56. The molecule has 2 aliphatic rings. The zero-order valence-corrected chi connectivity index (χ0v) is 42.7. The smallest absolute Gasteiger partial charge is 0.251 e. The topological polar surface area (TPSA) is 164 Å². The number of nitrogens with one attached hydrogen (secondary N) is 3. The van der Waals surface area contributed by atoms with Crippen LogP contribution in [0.3, 0.4) is 0 Å². The van der Waals surface area contributed by atoms with Gasteiger partial charge in [0, 0.05) is 57.6 Å². The number of carbonyl (C=O) groups is 2. The molecule has 12 nitrogen and oxygen atoms in total. The molecule has 3 unspecified atom stereocenters. The number of halogens is 5. The molecular formula is C53H60Cl3F2N5O7. The molecule has 0 spiro atoms. The zero-order valence-electron chi connectivity index (χ0n) is 40.4. The van der Waals surface area contributed by atoms with Crippen LogP contribution in [0.5, 0.6) is 11.5 Å². The monoisotopic (exact) mass is 1020 g/mol. The van der Waals surface area contributed by atoms with Gasteiger partial charge in [0.15, 0.2) is 0 Å². The number of amides is 2. The minimum Gasteiger partial charge on any atom is -0.491 e. The van der Waals surface area contributed by atoms with Crippen LogP contribution in [0.4, 0.5) is 8.78 Å². The Morgan fingerprint density at radius 3 is 2.01 bits per heavy atom. The third-order valence-electron chi connectivity index (χ3n) is 13.1. The first-order valence-electron chi connectivity index (χ1n) is 23.1. The third kappa shape index (κ3) is 12.2. The molecule has 1 heterocycles. The summed E-state index contributed by atoms with van der Waals surface area (Å²) < 4.78 is 60.9. The zero-order chi connectivity index (χ0) is 51.0. The summed E-state index contributed by atoms with van der Waals surface area (Å²) in [5.74, 6) is -2.26. The van der Waals surface area contributed by atoms with Crippen molar-refractivity contribution in [3.63, 3.8) is 0 Å². The average Bonchev–Trinajstić information content (AvgIpc) is 3.62. The summed E-state index contributed by atoms with van der Waals surface area (Å²) in [6.07, 6.45) is 0.130. The van der Waals surface area contributed by atoms with E-state index in [-0.39, 0.29) is 77.6 Å². The fraction of sp³-hybridized carbons (Fsp3) is 0.472. The predicted molar refractivity (Wildman–Crippen MR) is 264 cm³/mol. The molecule has 17 heteroatoms. The lowest BCUT2D eigenvalue weighted by Crippen LogP contribution is -2.74. The van der Waals surface area contributed by atoms with Gasteiger partial charge in [0.1, 0.15) is 47.3 Å². The molecule has 1 saturated heterocycles. The summed E-state index contributed by atoms with van der Waals surface area (Å²) >= 11 is 18.6. The first-order valence-corrected chi connectivity index (χ1v) is 24.3. The molecule has 0 bridgehead atoms. The van der Waals surface area contributed by atoms with Crippen LogP contribution < -0.4 is 25.4 Å². The number of hydrogen-bond donors (Lipinski definition) is 3. The van der Waals surface area contributed by atoms with Crippen LogP contribution in [0.15, 0.2) is 78.9 Å². The molecule has 6 rings (SSSR count). The van der Waals surface area contributed by atoms with Gasteiger partial charge in [0.05, 0.1) is 67.4 Å². The first-order chi connectivity index (χ1) is 33.1. The number of nitrogens with zero attached hydrogens (tertiary/aromatic N) is 2. The molecule has 1 aliphatic carbocycles. The molecule has 0 aromatic heterocycles. The highest BCUT2D eigenvalue weighted by Gasteiger charge is 2.64. The normalized spacial score (nSPS) is 22.3. The minimum atomic E-state index is -1.73. The Hall–Kier alpha value is -5.03. The van der Waals surface area contributed by atoms with Crippen molar-refractivity contribution in [2.75, 3.05) is 52.8 Å². The molecule has 2 fully saturated rings. The number of nitriles is 2. The maximum atomic E-state index is 15.9. The lowest BCUT2D eigenvalue weighted by molar-refractivity contribution is -0.164. The van der Waals surface area contributed by atoms with Crippen LogP contribution in [0, 0.1) is 50.5 Å². The van der Waals surface area contributed by atoms with Crippen LogP contribution in [0.1, 0.15) is 87.9 Å². The number of carbonyl (C=O) groups excluding carboxylic acids is 2. The molecule has 4 atom stereocenters. The molecule has 2 amide bonds. The third-order valence-corrected chi connectivity index (χ3v) is 13.9. The SMILES string of the molecule is CC(C)(C)CC1NC(C(=O)NCCOCCOCCOCCOc2ccc(C(=O)NC3C(C)(C)C(Oc4ccc(C#N)c(Cl)c4)C3(C)C)cc2)C(c2cccc(Cl)c2F)[C@@]1(C#N)c1ccc(Cl)cc1F. The van der Waals surface area contributed by atoms with Gasteiger partial charge in [0.2, 0.25) is 5.91 Å². The van der Waals surface area contributed by atoms with Crippen molar-refractivity contribution in [3.05, 3.63) is 128 Å².